The highest BCUT2D eigenvalue weighted by molar-refractivity contribution is 9.10. The molecular weight excluding hydrogens is 420 g/mol. The van der Waals surface area contributed by atoms with Crippen LogP contribution in [0.15, 0.2) is 49.7 Å². The molecule has 0 aliphatic carbocycles. The summed E-state index contributed by atoms with van der Waals surface area (Å²) in [7, 11) is 0. The fourth-order valence-electron chi connectivity index (χ4n) is 1.96. The van der Waals surface area contributed by atoms with Crippen molar-refractivity contribution in [2.45, 2.75) is 6.54 Å². The van der Waals surface area contributed by atoms with Gasteiger partial charge in [-0.25, -0.2) is 4.98 Å². The van der Waals surface area contributed by atoms with Crippen molar-refractivity contribution in [3.63, 3.8) is 0 Å². The summed E-state index contributed by atoms with van der Waals surface area (Å²) in [4.78, 5) is 29.5. The van der Waals surface area contributed by atoms with Crippen LogP contribution in [0.4, 0.5) is 0 Å². The second-order valence-corrected chi connectivity index (χ2v) is 7.05. The Labute approximate surface area is 140 Å². The summed E-state index contributed by atoms with van der Waals surface area (Å²) >= 11 is 8.01. The molecule has 0 unspecified atom stereocenters. The smallest absolute Gasteiger partial charge is 0.261 e. The number of nitrogens with zero attached hydrogens (tertiary/aromatic N) is 2. The van der Waals surface area contributed by atoms with E-state index in [1.807, 2.05) is 17.5 Å². The third kappa shape index (κ3) is 2.86. The van der Waals surface area contributed by atoms with E-state index in [-0.39, 0.29) is 17.9 Å². The Hall–Kier alpha value is -1.31. The van der Waals surface area contributed by atoms with E-state index >= 15 is 0 Å². The van der Waals surface area contributed by atoms with Crippen LogP contribution in [0.2, 0.25) is 0 Å². The van der Waals surface area contributed by atoms with Crippen LogP contribution >= 0.6 is 43.2 Å². The summed E-state index contributed by atoms with van der Waals surface area (Å²) in [5.74, 6) is -0.116. The second kappa shape index (κ2) is 5.82. The lowest BCUT2D eigenvalue weighted by Crippen LogP contribution is -2.24. The normalized spacial score (nSPS) is 11.0. The number of thiophene rings is 1. The highest BCUT2D eigenvalue weighted by Gasteiger charge is 2.14. The first-order chi connectivity index (χ1) is 10.1. The number of ketones is 1. The SMILES string of the molecule is O=C(Cn1cnc2ccc(Br)cc2c1=O)c1sccc1Br. The van der Waals surface area contributed by atoms with Crippen molar-refractivity contribution in [3.05, 3.63) is 60.1 Å². The first-order valence-corrected chi connectivity index (χ1v) is 8.44. The maximum atomic E-state index is 12.4. The van der Waals surface area contributed by atoms with Crippen LogP contribution in [0.1, 0.15) is 9.67 Å². The maximum absolute atomic E-state index is 12.4. The van der Waals surface area contributed by atoms with Gasteiger partial charge in [0.25, 0.3) is 5.56 Å². The van der Waals surface area contributed by atoms with E-state index in [1.165, 1.54) is 22.2 Å². The van der Waals surface area contributed by atoms with E-state index < -0.39 is 0 Å². The fourth-order valence-corrected chi connectivity index (χ4v) is 3.85. The average Bonchev–Trinajstić information content (AvgIpc) is 2.89. The van der Waals surface area contributed by atoms with Crippen molar-refractivity contribution in [2.75, 3.05) is 0 Å². The van der Waals surface area contributed by atoms with E-state index in [2.05, 4.69) is 36.8 Å². The average molecular weight is 428 g/mol. The number of carbonyl (C=O) groups is 1. The Morgan fingerprint density at radius 3 is 2.81 bits per heavy atom. The van der Waals surface area contributed by atoms with Crippen LogP contribution in [0.5, 0.6) is 0 Å². The Balaban J connectivity index is 2.02. The monoisotopic (exact) mass is 426 g/mol. The number of halogens is 2. The van der Waals surface area contributed by atoms with Gasteiger partial charge in [-0.3, -0.25) is 14.2 Å². The summed E-state index contributed by atoms with van der Waals surface area (Å²) in [5.41, 5.74) is 0.395. The topological polar surface area (TPSA) is 52.0 Å². The quantitative estimate of drug-likeness (QED) is 0.596. The van der Waals surface area contributed by atoms with Crippen molar-refractivity contribution < 1.29 is 4.79 Å². The van der Waals surface area contributed by atoms with Gasteiger partial charge in [-0.2, -0.15) is 0 Å². The van der Waals surface area contributed by atoms with Crippen molar-refractivity contribution in [3.8, 4) is 0 Å². The largest absolute Gasteiger partial charge is 0.291 e. The minimum Gasteiger partial charge on any atom is -0.291 e. The molecule has 3 aromatic rings. The number of hydrogen-bond donors (Lipinski definition) is 0. The van der Waals surface area contributed by atoms with Gasteiger partial charge in [0.05, 0.1) is 28.7 Å². The molecule has 0 bridgehead atoms. The zero-order valence-corrected chi connectivity index (χ0v) is 14.5. The number of carbonyl (C=O) groups excluding carboxylic acids is 1. The molecule has 21 heavy (non-hydrogen) atoms. The van der Waals surface area contributed by atoms with E-state index in [9.17, 15) is 9.59 Å². The molecule has 0 spiro atoms. The van der Waals surface area contributed by atoms with Gasteiger partial charge in [-0.05, 0) is 45.6 Å². The minimum atomic E-state index is -0.220. The first kappa shape index (κ1) is 14.6. The number of rotatable bonds is 3. The van der Waals surface area contributed by atoms with Crippen LogP contribution in [0.25, 0.3) is 10.9 Å². The molecule has 1 aromatic carbocycles. The maximum Gasteiger partial charge on any atom is 0.261 e. The predicted octanol–water partition coefficient (Wildman–Crippen LogP) is 3.87. The second-order valence-electron chi connectivity index (χ2n) is 4.36. The number of benzene rings is 1. The molecular formula is C14H8Br2N2O2S. The number of fused-ring (bicyclic) bond motifs is 1. The summed E-state index contributed by atoms with van der Waals surface area (Å²) in [6.07, 6.45) is 1.41. The molecule has 3 rings (SSSR count). The molecule has 0 atom stereocenters. The summed E-state index contributed by atoms with van der Waals surface area (Å²) in [5, 5.41) is 2.32. The standard InChI is InChI=1S/C14H8Br2N2O2S/c15-8-1-2-11-9(5-8)14(20)18(7-17-11)6-12(19)13-10(16)3-4-21-13/h1-5,7H,6H2. The van der Waals surface area contributed by atoms with Gasteiger partial charge in [0.15, 0.2) is 5.78 Å². The van der Waals surface area contributed by atoms with Crippen molar-refractivity contribution >= 4 is 59.9 Å². The molecule has 0 aliphatic rings. The highest BCUT2D eigenvalue weighted by atomic mass is 79.9. The van der Waals surface area contributed by atoms with Gasteiger partial charge in [0, 0.05) is 8.95 Å². The van der Waals surface area contributed by atoms with Gasteiger partial charge in [-0.15, -0.1) is 11.3 Å². The third-order valence-corrected chi connectivity index (χ3v) is 5.34. The summed E-state index contributed by atoms with van der Waals surface area (Å²) < 4.78 is 2.89. The molecule has 0 aliphatic heterocycles. The zero-order chi connectivity index (χ0) is 15.0. The van der Waals surface area contributed by atoms with Gasteiger partial charge in [0.2, 0.25) is 0 Å². The van der Waals surface area contributed by atoms with E-state index in [4.69, 9.17) is 0 Å². The van der Waals surface area contributed by atoms with Crippen molar-refractivity contribution in [1.29, 1.82) is 0 Å². The molecule has 0 saturated carbocycles. The fraction of sp³-hybridized carbons (Fsp3) is 0.0714. The van der Waals surface area contributed by atoms with Gasteiger partial charge in [0.1, 0.15) is 0 Å². The van der Waals surface area contributed by atoms with Gasteiger partial charge >= 0.3 is 0 Å². The van der Waals surface area contributed by atoms with Crippen LogP contribution in [-0.4, -0.2) is 15.3 Å². The van der Waals surface area contributed by atoms with Crippen LogP contribution < -0.4 is 5.56 Å². The molecule has 2 heterocycles. The predicted molar refractivity (Wildman–Crippen MR) is 90.1 cm³/mol. The number of hydrogen-bond acceptors (Lipinski definition) is 4. The highest BCUT2D eigenvalue weighted by Crippen LogP contribution is 2.23. The Bertz CT molecular complexity index is 901. The molecule has 0 amide bonds. The van der Waals surface area contributed by atoms with Crippen molar-refractivity contribution in [2.24, 2.45) is 0 Å². The Kier molecular flexibility index (Phi) is 4.05. The third-order valence-electron chi connectivity index (χ3n) is 2.97. The molecule has 0 saturated heterocycles. The molecule has 106 valence electrons. The Morgan fingerprint density at radius 2 is 2.10 bits per heavy atom. The van der Waals surface area contributed by atoms with Crippen LogP contribution in [0.3, 0.4) is 0 Å². The molecule has 0 fully saturated rings. The van der Waals surface area contributed by atoms with Gasteiger partial charge < -0.3 is 0 Å². The summed E-state index contributed by atoms with van der Waals surface area (Å²) in [6, 6.07) is 7.12. The van der Waals surface area contributed by atoms with Crippen molar-refractivity contribution in [1.82, 2.24) is 9.55 Å². The van der Waals surface area contributed by atoms with E-state index in [0.717, 1.165) is 8.95 Å². The van der Waals surface area contributed by atoms with Gasteiger partial charge in [-0.1, -0.05) is 15.9 Å². The van der Waals surface area contributed by atoms with E-state index in [0.29, 0.717) is 15.8 Å². The molecule has 2 aromatic heterocycles. The molecule has 0 radical (unpaired) electrons. The van der Waals surface area contributed by atoms with E-state index in [1.54, 1.807) is 12.1 Å². The minimum absolute atomic E-state index is 0.0204. The number of Topliss-reactive ketones (excluding diaryl/α,β-unsaturated/α-hetero) is 1. The molecule has 4 nitrogen and oxygen atoms in total. The lowest BCUT2D eigenvalue weighted by atomic mass is 10.2. The van der Waals surface area contributed by atoms with Crippen LogP contribution in [-0.2, 0) is 6.54 Å². The Morgan fingerprint density at radius 1 is 1.29 bits per heavy atom. The molecule has 7 heteroatoms. The molecule has 0 N–H and O–H groups in total. The van der Waals surface area contributed by atoms with Crippen LogP contribution in [0, 0.1) is 0 Å². The first-order valence-electron chi connectivity index (χ1n) is 5.97. The lowest BCUT2D eigenvalue weighted by molar-refractivity contribution is 0.0974. The lowest BCUT2D eigenvalue weighted by Gasteiger charge is -2.05. The summed E-state index contributed by atoms with van der Waals surface area (Å²) in [6.45, 7) is -0.0204. The zero-order valence-electron chi connectivity index (χ0n) is 10.5. The number of aromatic nitrogens is 2.